The molecule has 0 aliphatic heterocycles. The Morgan fingerprint density at radius 1 is 1.20 bits per heavy atom. The molecule has 0 unspecified atom stereocenters. The Kier molecular flexibility index (Phi) is 3.77. The van der Waals surface area contributed by atoms with Gasteiger partial charge < -0.3 is 5.32 Å². The molecule has 0 bridgehead atoms. The van der Waals surface area contributed by atoms with Crippen molar-refractivity contribution in [1.82, 2.24) is 5.32 Å². The molecule has 0 aromatic rings. The van der Waals surface area contributed by atoms with E-state index in [0.29, 0.717) is 0 Å². The molecule has 0 spiro atoms. The van der Waals surface area contributed by atoms with Gasteiger partial charge in [0.25, 0.3) is 0 Å². The van der Waals surface area contributed by atoms with Gasteiger partial charge in [0.15, 0.2) is 0 Å². The Balaban J connectivity index is 4.46. The maximum Gasteiger partial charge on any atom is 0.0360 e. The largest absolute Gasteiger partial charge is 0.391 e. The lowest BCUT2D eigenvalue weighted by Crippen LogP contribution is -2.08. The maximum absolute atomic E-state index is 4.08. The minimum atomic E-state index is 1.09. The second-order valence-electron chi connectivity index (χ2n) is 2.31. The van der Waals surface area contributed by atoms with E-state index in [4.69, 9.17) is 0 Å². The minimum Gasteiger partial charge on any atom is -0.391 e. The molecule has 2 heteroatoms. The van der Waals surface area contributed by atoms with E-state index in [2.05, 4.69) is 17.2 Å². The van der Waals surface area contributed by atoms with Crippen LogP contribution in [0.5, 0.6) is 0 Å². The van der Waals surface area contributed by atoms with Crippen molar-refractivity contribution in [2.45, 2.75) is 20.8 Å². The normalized spacial score (nSPS) is 14.7. The van der Waals surface area contributed by atoms with E-state index in [1.165, 1.54) is 11.3 Å². The van der Waals surface area contributed by atoms with Gasteiger partial charge in [-0.3, -0.25) is 4.99 Å². The summed E-state index contributed by atoms with van der Waals surface area (Å²) < 4.78 is 0. The van der Waals surface area contributed by atoms with E-state index in [0.717, 1.165) is 5.71 Å². The molecule has 0 amide bonds. The molecule has 0 aliphatic carbocycles. The molecule has 0 radical (unpaired) electrons. The zero-order valence-electron chi connectivity index (χ0n) is 7.45. The standard InChI is InChI=1S/C8H16N2/c1-6(7(2)9-4)8(3)10-5/h9H,1-5H3. The van der Waals surface area contributed by atoms with E-state index in [1.807, 2.05) is 27.9 Å². The van der Waals surface area contributed by atoms with E-state index in [9.17, 15) is 0 Å². The summed E-state index contributed by atoms with van der Waals surface area (Å²) in [6, 6.07) is 0. The van der Waals surface area contributed by atoms with Gasteiger partial charge in [0.05, 0.1) is 0 Å². The fourth-order valence-electron chi connectivity index (χ4n) is 0.627. The Labute approximate surface area is 63.0 Å². The van der Waals surface area contributed by atoms with E-state index in [1.54, 1.807) is 0 Å². The van der Waals surface area contributed by atoms with Crippen molar-refractivity contribution in [3.8, 4) is 0 Å². The number of allylic oxidation sites excluding steroid dienone is 2. The van der Waals surface area contributed by atoms with Crippen LogP contribution in [0.4, 0.5) is 0 Å². The third-order valence-electron chi connectivity index (χ3n) is 1.82. The van der Waals surface area contributed by atoms with Gasteiger partial charge in [-0.15, -0.1) is 0 Å². The number of aliphatic imine (C=N–C) groups is 1. The van der Waals surface area contributed by atoms with Gasteiger partial charge in [-0.2, -0.15) is 0 Å². The summed E-state index contributed by atoms with van der Waals surface area (Å²) in [6.07, 6.45) is 0. The molecular weight excluding hydrogens is 124 g/mol. The third-order valence-corrected chi connectivity index (χ3v) is 1.82. The molecule has 0 aromatic carbocycles. The zero-order valence-corrected chi connectivity index (χ0v) is 7.45. The van der Waals surface area contributed by atoms with Crippen molar-refractivity contribution < 1.29 is 0 Å². The topological polar surface area (TPSA) is 24.4 Å². The van der Waals surface area contributed by atoms with E-state index in [-0.39, 0.29) is 0 Å². The molecule has 0 saturated carbocycles. The molecule has 0 rings (SSSR count). The van der Waals surface area contributed by atoms with Crippen LogP contribution in [0, 0.1) is 0 Å². The third kappa shape index (κ3) is 2.21. The van der Waals surface area contributed by atoms with Gasteiger partial charge in [0.2, 0.25) is 0 Å². The van der Waals surface area contributed by atoms with Crippen LogP contribution in [-0.4, -0.2) is 19.8 Å². The first-order chi connectivity index (χ1) is 4.63. The minimum absolute atomic E-state index is 1.09. The highest BCUT2D eigenvalue weighted by Gasteiger charge is 1.96. The number of nitrogens with zero attached hydrogens (tertiary/aromatic N) is 1. The van der Waals surface area contributed by atoms with Gasteiger partial charge in [0.1, 0.15) is 0 Å². The molecule has 0 saturated heterocycles. The predicted octanol–water partition coefficient (Wildman–Crippen LogP) is 1.59. The number of nitrogens with one attached hydrogen (secondary N) is 1. The molecule has 2 nitrogen and oxygen atoms in total. The second-order valence-corrected chi connectivity index (χ2v) is 2.31. The highest BCUT2D eigenvalue weighted by Crippen LogP contribution is 2.01. The molecule has 10 heavy (non-hydrogen) atoms. The Morgan fingerprint density at radius 2 is 1.70 bits per heavy atom. The maximum atomic E-state index is 4.08. The van der Waals surface area contributed by atoms with Crippen LogP contribution >= 0.6 is 0 Å². The lowest BCUT2D eigenvalue weighted by molar-refractivity contribution is 0.972. The van der Waals surface area contributed by atoms with Crippen molar-refractivity contribution >= 4 is 5.71 Å². The van der Waals surface area contributed by atoms with E-state index < -0.39 is 0 Å². The first kappa shape index (κ1) is 9.21. The van der Waals surface area contributed by atoms with Crippen LogP contribution in [-0.2, 0) is 0 Å². The zero-order chi connectivity index (χ0) is 8.15. The second kappa shape index (κ2) is 4.09. The molecule has 0 aromatic heterocycles. The van der Waals surface area contributed by atoms with Gasteiger partial charge >= 0.3 is 0 Å². The summed E-state index contributed by atoms with van der Waals surface area (Å²) in [6.45, 7) is 6.12. The average Bonchev–Trinajstić information content (AvgIpc) is 2.00. The van der Waals surface area contributed by atoms with Crippen molar-refractivity contribution in [2.75, 3.05) is 14.1 Å². The lowest BCUT2D eigenvalue weighted by Gasteiger charge is -2.05. The molecular formula is C8H16N2. The molecule has 1 N–H and O–H groups in total. The fraction of sp³-hybridized carbons (Fsp3) is 0.625. The predicted molar refractivity (Wildman–Crippen MR) is 46.5 cm³/mol. The molecule has 0 atom stereocenters. The monoisotopic (exact) mass is 140 g/mol. The number of rotatable bonds is 2. The van der Waals surface area contributed by atoms with Gasteiger partial charge in [0, 0.05) is 25.5 Å². The van der Waals surface area contributed by atoms with Crippen LogP contribution in [0.15, 0.2) is 16.3 Å². The summed E-state index contributed by atoms with van der Waals surface area (Å²) in [5.41, 5.74) is 3.50. The summed E-state index contributed by atoms with van der Waals surface area (Å²) in [7, 11) is 3.73. The van der Waals surface area contributed by atoms with Crippen LogP contribution in [0.2, 0.25) is 0 Å². The lowest BCUT2D eigenvalue weighted by atomic mass is 10.1. The van der Waals surface area contributed by atoms with Crippen molar-refractivity contribution in [1.29, 1.82) is 0 Å². The summed E-state index contributed by atoms with van der Waals surface area (Å²) in [4.78, 5) is 4.08. The number of hydrogen-bond donors (Lipinski definition) is 1. The van der Waals surface area contributed by atoms with Crippen molar-refractivity contribution in [3.63, 3.8) is 0 Å². The van der Waals surface area contributed by atoms with Crippen LogP contribution in [0.1, 0.15) is 20.8 Å². The highest BCUT2D eigenvalue weighted by atomic mass is 14.8. The molecule has 58 valence electrons. The Hall–Kier alpha value is -0.790. The first-order valence-electron chi connectivity index (χ1n) is 3.42. The van der Waals surface area contributed by atoms with Crippen molar-refractivity contribution in [2.24, 2.45) is 4.99 Å². The molecule has 0 heterocycles. The summed E-state index contributed by atoms with van der Waals surface area (Å²) in [5, 5.41) is 3.08. The van der Waals surface area contributed by atoms with Gasteiger partial charge in [-0.25, -0.2) is 0 Å². The smallest absolute Gasteiger partial charge is 0.0360 e. The van der Waals surface area contributed by atoms with Gasteiger partial charge in [-0.05, 0) is 26.3 Å². The molecule has 0 aliphatic rings. The Bertz CT molecular complexity index is 166. The van der Waals surface area contributed by atoms with Crippen LogP contribution in [0.3, 0.4) is 0 Å². The first-order valence-corrected chi connectivity index (χ1v) is 3.42. The quantitative estimate of drug-likeness (QED) is 0.579. The highest BCUT2D eigenvalue weighted by molar-refractivity contribution is 5.98. The summed E-state index contributed by atoms with van der Waals surface area (Å²) in [5.74, 6) is 0. The van der Waals surface area contributed by atoms with Crippen LogP contribution in [0.25, 0.3) is 0 Å². The fourth-order valence-corrected chi connectivity index (χ4v) is 0.627. The van der Waals surface area contributed by atoms with Crippen molar-refractivity contribution in [3.05, 3.63) is 11.3 Å². The summed E-state index contributed by atoms with van der Waals surface area (Å²) >= 11 is 0. The van der Waals surface area contributed by atoms with Crippen LogP contribution < -0.4 is 5.32 Å². The van der Waals surface area contributed by atoms with Gasteiger partial charge in [-0.1, -0.05) is 0 Å². The molecule has 0 fully saturated rings. The number of hydrogen-bond acceptors (Lipinski definition) is 2. The van der Waals surface area contributed by atoms with E-state index >= 15 is 0 Å². The SMILES string of the molecule is CN=C(C)C(C)=C(C)NC. The Morgan fingerprint density at radius 3 is 2.00 bits per heavy atom. The average molecular weight is 140 g/mol.